The molecule has 184 valence electrons. The summed E-state index contributed by atoms with van der Waals surface area (Å²) in [6.45, 7) is 5.96. The van der Waals surface area contributed by atoms with Crippen molar-refractivity contribution in [3.63, 3.8) is 0 Å². The van der Waals surface area contributed by atoms with Gasteiger partial charge in [-0.2, -0.15) is 4.99 Å². The smallest absolute Gasteiger partial charge is 0.262 e. The molecule has 2 atom stereocenters. The van der Waals surface area contributed by atoms with Gasteiger partial charge in [0.15, 0.2) is 5.17 Å². The number of piperidine rings is 1. The van der Waals surface area contributed by atoms with Gasteiger partial charge in [0, 0.05) is 30.8 Å². The molecule has 0 bridgehead atoms. The lowest BCUT2D eigenvalue weighted by atomic mass is 9.95. The Balaban J connectivity index is 1.34. The number of anilines is 1. The number of rotatable bonds is 7. The van der Waals surface area contributed by atoms with Gasteiger partial charge in [-0.3, -0.25) is 14.4 Å². The van der Waals surface area contributed by atoms with Crippen LogP contribution >= 0.6 is 11.8 Å². The minimum Gasteiger partial charge on any atom is -0.351 e. The lowest BCUT2D eigenvalue weighted by Gasteiger charge is -2.27. The standard InChI is InChI=1S/C27H32N4O3S/c1-18(2)24(19-10-5-3-6-11-19)29-25(33)20-12-9-13-21(16-20)28-23(32)17-22-26(34)30-27(35-22)31-14-7-4-8-15-31/h3,5-6,9-13,16,18,22,24H,4,7-8,14-15,17H2,1-2H3,(H,28,32)(H,29,33)/t22-,24-/m0/s1. The van der Waals surface area contributed by atoms with Gasteiger partial charge in [-0.25, -0.2) is 0 Å². The van der Waals surface area contributed by atoms with Crippen LogP contribution in [0.3, 0.4) is 0 Å². The third kappa shape index (κ3) is 6.51. The van der Waals surface area contributed by atoms with Crippen LogP contribution in [0.1, 0.15) is 61.5 Å². The maximum Gasteiger partial charge on any atom is 0.262 e. The first kappa shape index (κ1) is 25.0. The fourth-order valence-electron chi connectivity index (χ4n) is 4.37. The van der Waals surface area contributed by atoms with E-state index in [4.69, 9.17) is 0 Å². The van der Waals surface area contributed by atoms with E-state index in [0.717, 1.165) is 36.7 Å². The molecule has 2 heterocycles. The van der Waals surface area contributed by atoms with E-state index in [1.165, 1.54) is 18.2 Å². The first-order valence-corrected chi connectivity index (χ1v) is 13.1. The second-order valence-corrected chi connectivity index (χ2v) is 10.5. The van der Waals surface area contributed by atoms with Crippen molar-refractivity contribution >= 4 is 40.3 Å². The van der Waals surface area contributed by atoms with Crippen LogP contribution in [0, 0.1) is 5.92 Å². The molecule has 0 spiro atoms. The van der Waals surface area contributed by atoms with Gasteiger partial charge in [-0.05, 0) is 48.9 Å². The molecule has 2 aliphatic rings. The van der Waals surface area contributed by atoms with Crippen molar-refractivity contribution < 1.29 is 14.4 Å². The first-order chi connectivity index (χ1) is 16.9. The number of thioether (sulfide) groups is 1. The summed E-state index contributed by atoms with van der Waals surface area (Å²) in [6.07, 6.45) is 3.46. The highest BCUT2D eigenvalue weighted by Crippen LogP contribution is 2.29. The maximum absolute atomic E-state index is 13.0. The average Bonchev–Trinajstić information content (AvgIpc) is 3.23. The number of likely N-dealkylation sites (tertiary alicyclic amines) is 1. The third-order valence-electron chi connectivity index (χ3n) is 6.25. The molecule has 0 radical (unpaired) electrons. The lowest BCUT2D eigenvalue weighted by Crippen LogP contribution is -2.33. The van der Waals surface area contributed by atoms with Crippen molar-refractivity contribution in [1.29, 1.82) is 0 Å². The molecular formula is C27H32N4O3S. The average molecular weight is 493 g/mol. The van der Waals surface area contributed by atoms with Gasteiger partial charge in [0.1, 0.15) is 5.25 Å². The molecule has 2 N–H and O–H groups in total. The summed E-state index contributed by atoms with van der Waals surface area (Å²) in [5.41, 5.74) is 2.03. The van der Waals surface area contributed by atoms with Crippen molar-refractivity contribution in [3.8, 4) is 0 Å². The molecule has 0 aromatic heterocycles. The highest BCUT2D eigenvalue weighted by Gasteiger charge is 2.33. The van der Waals surface area contributed by atoms with E-state index < -0.39 is 5.25 Å². The number of aliphatic imine (C=N–C) groups is 1. The Bertz CT molecular complexity index is 1100. The van der Waals surface area contributed by atoms with Gasteiger partial charge in [0.05, 0.1) is 6.04 Å². The van der Waals surface area contributed by atoms with Crippen LogP contribution in [0.25, 0.3) is 0 Å². The molecule has 0 unspecified atom stereocenters. The normalized spacial score (nSPS) is 18.8. The SMILES string of the molecule is CC(C)[C@H](NC(=O)c1cccc(NC(=O)C[C@@H]2SC(N3CCCCC3)=NC2=O)c1)c1ccccc1. The fourth-order valence-corrected chi connectivity index (χ4v) is 5.49. The summed E-state index contributed by atoms with van der Waals surface area (Å²) >= 11 is 1.38. The van der Waals surface area contributed by atoms with Gasteiger partial charge in [0.2, 0.25) is 5.91 Å². The van der Waals surface area contributed by atoms with Crippen LogP contribution in [0.4, 0.5) is 5.69 Å². The predicted molar refractivity (Wildman–Crippen MR) is 140 cm³/mol. The predicted octanol–water partition coefficient (Wildman–Crippen LogP) is 4.63. The lowest BCUT2D eigenvalue weighted by molar-refractivity contribution is -0.121. The van der Waals surface area contributed by atoms with Crippen molar-refractivity contribution in [2.75, 3.05) is 18.4 Å². The van der Waals surface area contributed by atoms with Crippen molar-refractivity contribution in [2.24, 2.45) is 10.9 Å². The molecule has 2 aliphatic heterocycles. The molecule has 7 nitrogen and oxygen atoms in total. The molecule has 0 saturated carbocycles. The molecule has 2 aromatic rings. The largest absolute Gasteiger partial charge is 0.351 e. The first-order valence-electron chi connectivity index (χ1n) is 12.2. The zero-order valence-corrected chi connectivity index (χ0v) is 21.0. The zero-order valence-electron chi connectivity index (χ0n) is 20.2. The third-order valence-corrected chi connectivity index (χ3v) is 7.46. The summed E-state index contributed by atoms with van der Waals surface area (Å²) in [7, 11) is 0. The topological polar surface area (TPSA) is 90.9 Å². The summed E-state index contributed by atoms with van der Waals surface area (Å²) in [6, 6.07) is 16.6. The molecule has 4 rings (SSSR count). The van der Waals surface area contributed by atoms with Crippen LogP contribution in [0.5, 0.6) is 0 Å². The van der Waals surface area contributed by atoms with E-state index in [1.807, 2.05) is 30.3 Å². The van der Waals surface area contributed by atoms with Crippen LogP contribution in [-0.4, -0.2) is 46.1 Å². The van der Waals surface area contributed by atoms with Crippen molar-refractivity contribution in [3.05, 3.63) is 65.7 Å². The Kier molecular flexibility index (Phi) is 8.23. The Morgan fingerprint density at radius 1 is 1.06 bits per heavy atom. The Labute approximate surface area is 210 Å². The Morgan fingerprint density at radius 2 is 1.80 bits per heavy atom. The van der Waals surface area contributed by atoms with Gasteiger partial charge in [-0.1, -0.05) is 62.0 Å². The number of hydrogen-bond acceptors (Lipinski definition) is 5. The molecule has 3 amide bonds. The van der Waals surface area contributed by atoms with E-state index in [2.05, 4.69) is 34.4 Å². The Morgan fingerprint density at radius 3 is 2.51 bits per heavy atom. The van der Waals surface area contributed by atoms with Gasteiger partial charge >= 0.3 is 0 Å². The minimum absolute atomic E-state index is 0.0458. The van der Waals surface area contributed by atoms with Crippen LogP contribution in [0.2, 0.25) is 0 Å². The van der Waals surface area contributed by atoms with Crippen LogP contribution < -0.4 is 10.6 Å². The number of nitrogens with one attached hydrogen (secondary N) is 2. The molecular weight excluding hydrogens is 460 g/mol. The second kappa shape index (κ2) is 11.5. The van der Waals surface area contributed by atoms with Gasteiger partial charge in [-0.15, -0.1) is 0 Å². The molecule has 35 heavy (non-hydrogen) atoms. The number of nitrogens with zero attached hydrogens (tertiary/aromatic N) is 2. The monoisotopic (exact) mass is 492 g/mol. The van der Waals surface area contributed by atoms with E-state index in [-0.39, 0.29) is 36.1 Å². The summed E-state index contributed by atoms with van der Waals surface area (Å²) in [5.74, 6) is -0.514. The molecule has 1 fully saturated rings. The number of amidine groups is 1. The highest BCUT2D eigenvalue weighted by atomic mass is 32.2. The molecule has 1 saturated heterocycles. The second-order valence-electron chi connectivity index (χ2n) is 9.33. The highest BCUT2D eigenvalue weighted by molar-refractivity contribution is 8.15. The number of hydrogen-bond donors (Lipinski definition) is 2. The fraction of sp³-hybridized carbons (Fsp3) is 0.407. The van der Waals surface area contributed by atoms with E-state index in [1.54, 1.807) is 24.3 Å². The van der Waals surface area contributed by atoms with E-state index in [0.29, 0.717) is 11.3 Å². The summed E-state index contributed by atoms with van der Waals surface area (Å²) in [4.78, 5) is 44.4. The number of carbonyl (C=O) groups is 3. The van der Waals surface area contributed by atoms with Crippen LogP contribution in [-0.2, 0) is 9.59 Å². The molecule has 8 heteroatoms. The number of amides is 3. The minimum atomic E-state index is -0.504. The van der Waals surface area contributed by atoms with Crippen LogP contribution in [0.15, 0.2) is 59.6 Å². The number of carbonyl (C=O) groups excluding carboxylic acids is 3. The summed E-state index contributed by atoms with van der Waals surface area (Å²) in [5, 5.41) is 6.18. The van der Waals surface area contributed by atoms with Crippen molar-refractivity contribution in [1.82, 2.24) is 10.2 Å². The number of benzene rings is 2. The van der Waals surface area contributed by atoms with Crippen molar-refractivity contribution in [2.45, 2.75) is 50.8 Å². The van der Waals surface area contributed by atoms with Gasteiger partial charge < -0.3 is 15.5 Å². The quantitative estimate of drug-likeness (QED) is 0.588. The van der Waals surface area contributed by atoms with E-state index in [9.17, 15) is 14.4 Å². The Hall–Kier alpha value is -3.13. The zero-order chi connectivity index (χ0) is 24.8. The van der Waals surface area contributed by atoms with Gasteiger partial charge in [0.25, 0.3) is 11.8 Å². The van der Waals surface area contributed by atoms with E-state index >= 15 is 0 Å². The molecule has 0 aliphatic carbocycles. The molecule has 2 aromatic carbocycles. The maximum atomic E-state index is 13.0. The summed E-state index contributed by atoms with van der Waals surface area (Å²) < 4.78 is 0.